The molecule has 3 rings (SSSR count). The quantitative estimate of drug-likeness (QED) is 0.845. The number of rotatable bonds is 3. The van der Waals surface area contributed by atoms with Crippen LogP contribution in [-0.4, -0.2) is 39.1 Å². The monoisotopic (exact) mass is 353 g/mol. The summed E-state index contributed by atoms with van der Waals surface area (Å²) in [5.74, 6) is 0.798. The lowest BCUT2D eigenvalue weighted by atomic mass is 10.1. The third-order valence-corrected chi connectivity index (χ3v) is 4.02. The van der Waals surface area contributed by atoms with E-state index in [1.165, 1.54) is 0 Å². The summed E-state index contributed by atoms with van der Waals surface area (Å²) >= 11 is 0. The molecule has 0 aromatic carbocycles. The Hall–Kier alpha value is -2.45. The molecule has 0 saturated carbocycles. The second-order valence-corrected chi connectivity index (χ2v) is 5.97. The molecule has 0 aliphatic carbocycles. The maximum absolute atomic E-state index is 12.8. The van der Waals surface area contributed by atoms with Crippen molar-refractivity contribution < 1.29 is 17.9 Å². The average Bonchev–Trinajstić information content (AvgIpc) is 2.58. The highest BCUT2D eigenvalue weighted by Crippen LogP contribution is 2.30. The van der Waals surface area contributed by atoms with Gasteiger partial charge in [-0.3, -0.25) is 4.98 Å². The van der Waals surface area contributed by atoms with Gasteiger partial charge < -0.3 is 9.64 Å². The predicted octanol–water partition coefficient (Wildman–Crippen LogP) is 2.95. The topological polar surface area (TPSA) is 64.0 Å². The van der Waals surface area contributed by atoms with Crippen LogP contribution in [0.4, 0.5) is 19.0 Å². The fraction of sp³-hybridized carbons (Fsp3) is 0.500. The minimum absolute atomic E-state index is 0.0463. The smallest absolute Gasteiger partial charge is 0.433 e. The van der Waals surface area contributed by atoms with Crippen LogP contribution in [0, 0.1) is 13.8 Å². The molecule has 2 aromatic rings. The Labute approximate surface area is 143 Å². The van der Waals surface area contributed by atoms with E-state index in [1.807, 2.05) is 18.7 Å². The molecule has 0 unspecified atom stereocenters. The number of halogens is 3. The molecule has 2 aromatic heterocycles. The fourth-order valence-corrected chi connectivity index (χ4v) is 2.66. The third-order valence-electron chi connectivity index (χ3n) is 4.02. The van der Waals surface area contributed by atoms with Gasteiger partial charge in [0.2, 0.25) is 5.88 Å². The van der Waals surface area contributed by atoms with Crippen LogP contribution in [-0.2, 0) is 6.18 Å². The molecule has 3 heterocycles. The van der Waals surface area contributed by atoms with E-state index < -0.39 is 11.9 Å². The van der Waals surface area contributed by atoms with Gasteiger partial charge >= 0.3 is 6.18 Å². The van der Waals surface area contributed by atoms with Crippen molar-refractivity contribution in [1.82, 2.24) is 19.9 Å². The van der Waals surface area contributed by atoms with Gasteiger partial charge in [0.05, 0.1) is 11.4 Å². The molecule has 134 valence electrons. The number of hydrogen-bond donors (Lipinski definition) is 0. The molecule has 0 spiro atoms. The van der Waals surface area contributed by atoms with Crippen LogP contribution >= 0.6 is 0 Å². The minimum atomic E-state index is -4.47. The van der Waals surface area contributed by atoms with Crippen molar-refractivity contribution in [2.24, 2.45) is 0 Å². The number of nitrogens with zero attached hydrogens (tertiary/aromatic N) is 5. The van der Waals surface area contributed by atoms with E-state index in [4.69, 9.17) is 4.74 Å². The van der Waals surface area contributed by atoms with E-state index in [1.54, 1.807) is 6.20 Å². The van der Waals surface area contributed by atoms with Crippen molar-refractivity contribution in [1.29, 1.82) is 0 Å². The van der Waals surface area contributed by atoms with Crippen molar-refractivity contribution in [3.8, 4) is 5.88 Å². The first kappa shape index (κ1) is 17.4. The maximum Gasteiger partial charge on any atom is 0.433 e. The number of anilines is 1. The first-order chi connectivity index (χ1) is 11.8. The summed E-state index contributed by atoms with van der Waals surface area (Å²) in [7, 11) is 0. The highest BCUT2D eigenvalue weighted by Gasteiger charge is 2.33. The van der Waals surface area contributed by atoms with Gasteiger partial charge in [-0.25, -0.2) is 15.0 Å². The van der Waals surface area contributed by atoms with Crippen LogP contribution in [0.5, 0.6) is 5.88 Å². The van der Waals surface area contributed by atoms with E-state index in [0.29, 0.717) is 31.8 Å². The normalized spacial score (nSPS) is 16.1. The number of alkyl halides is 3. The highest BCUT2D eigenvalue weighted by molar-refractivity contribution is 5.40. The molecule has 0 N–H and O–H groups in total. The molecule has 1 aliphatic rings. The summed E-state index contributed by atoms with van der Waals surface area (Å²) in [6, 6.07) is 0.983. The van der Waals surface area contributed by atoms with E-state index in [0.717, 1.165) is 23.8 Å². The summed E-state index contributed by atoms with van der Waals surface area (Å²) in [6.07, 6.45) is -0.554. The van der Waals surface area contributed by atoms with Gasteiger partial charge in [0.15, 0.2) is 0 Å². The lowest BCUT2D eigenvalue weighted by molar-refractivity contribution is -0.141. The summed E-state index contributed by atoms with van der Waals surface area (Å²) in [4.78, 5) is 17.6. The number of hydrogen-bond acceptors (Lipinski definition) is 6. The van der Waals surface area contributed by atoms with Crippen molar-refractivity contribution >= 4 is 5.82 Å². The second kappa shape index (κ2) is 6.81. The van der Waals surface area contributed by atoms with Gasteiger partial charge in [-0.15, -0.1) is 0 Å². The first-order valence-electron chi connectivity index (χ1n) is 7.94. The largest absolute Gasteiger partial charge is 0.473 e. The number of piperidine rings is 1. The van der Waals surface area contributed by atoms with E-state index >= 15 is 0 Å². The standard InChI is InChI=1S/C16H18F3N5O/c1-10-8-20-11(2)15(23-10)25-12-3-5-24(6-4-12)14-7-13(16(17,18)19)21-9-22-14/h7-9,12H,3-6H2,1-2H3. The van der Waals surface area contributed by atoms with Crippen LogP contribution < -0.4 is 9.64 Å². The van der Waals surface area contributed by atoms with Crippen LogP contribution in [0.3, 0.4) is 0 Å². The Kier molecular flexibility index (Phi) is 4.73. The van der Waals surface area contributed by atoms with Crippen LogP contribution in [0.15, 0.2) is 18.6 Å². The zero-order valence-electron chi connectivity index (χ0n) is 13.9. The number of ether oxygens (including phenoxy) is 1. The first-order valence-corrected chi connectivity index (χ1v) is 7.94. The van der Waals surface area contributed by atoms with Gasteiger partial charge in [0.25, 0.3) is 0 Å². The second-order valence-electron chi connectivity index (χ2n) is 5.97. The lowest BCUT2D eigenvalue weighted by Crippen LogP contribution is -2.39. The Bertz CT molecular complexity index is 745. The summed E-state index contributed by atoms with van der Waals surface area (Å²) in [5, 5.41) is 0. The van der Waals surface area contributed by atoms with E-state index in [9.17, 15) is 13.2 Å². The SMILES string of the molecule is Cc1cnc(C)c(OC2CCN(c3cc(C(F)(F)F)ncn3)CC2)n1. The van der Waals surface area contributed by atoms with Gasteiger partial charge in [-0.2, -0.15) is 13.2 Å². The van der Waals surface area contributed by atoms with Crippen LogP contribution in [0.2, 0.25) is 0 Å². The van der Waals surface area contributed by atoms with E-state index in [-0.39, 0.29) is 11.9 Å². The van der Waals surface area contributed by atoms with Gasteiger partial charge in [-0.05, 0) is 13.8 Å². The number of aryl methyl sites for hydroxylation is 2. The molecule has 1 aliphatic heterocycles. The van der Waals surface area contributed by atoms with Crippen molar-refractivity contribution in [3.05, 3.63) is 35.7 Å². The van der Waals surface area contributed by atoms with Crippen molar-refractivity contribution in [2.75, 3.05) is 18.0 Å². The average molecular weight is 353 g/mol. The summed E-state index contributed by atoms with van der Waals surface area (Å²) < 4.78 is 44.2. The maximum atomic E-state index is 12.8. The Morgan fingerprint density at radius 1 is 1.12 bits per heavy atom. The summed E-state index contributed by atoms with van der Waals surface area (Å²) in [6.45, 7) is 4.78. The van der Waals surface area contributed by atoms with Gasteiger partial charge in [0.1, 0.15) is 23.9 Å². The molecule has 25 heavy (non-hydrogen) atoms. The molecule has 0 amide bonds. The van der Waals surface area contributed by atoms with E-state index in [2.05, 4.69) is 19.9 Å². The van der Waals surface area contributed by atoms with Gasteiger partial charge in [0, 0.05) is 38.2 Å². The highest BCUT2D eigenvalue weighted by atomic mass is 19.4. The molecule has 1 saturated heterocycles. The molecule has 0 atom stereocenters. The lowest BCUT2D eigenvalue weighted by Gasteiger charge is -2.32. The number of aromatic nitrogens is 4. The third kappa shape index (κ3) is 4.15. The van der Waals surface area contributed by atoms with Crippen LogP contribution in [0.1, 0.15) is 29.9 Å². The Morgan fingerprint density at radius 2 is 1.84 bits per heavy atom. The Morgan fingerprint density at radius 3 is 2.52 bits per heavy atom. The van der Waals surface area contributed by atoms with Crippen molar-refractivity contribution in [2.45, 2.75) is 39.0 Å². The predicted molar refractivity (Wildman–Crippen MR) is 84.4 cm³/mol. The zero-order valence-corrected chi connectivity index (χ0v) is 13.9. The fourth-order valence-electron chi connectivity index (χ4n) is 2.66. The minimum Gasteiger partial charge on any atom is -0.473 e. The zero-order chi connectivity index (χ0) is 18.0. The van der Waals surface area contributed by atoms with Gasteiger partial charge in [-0.1, -0.05) is 0 Å². The van der Waals surface area contributed by atoms with Crippen LogP contribution in [0.25, 0.3) is 0 Å². The molecule has 1 fully saturated rings. The summed E-state index contributed by atoms with van der Waals surface area (Å²) in [5.41, 5.74) is 0.568. The molecular formula is C16H18F3N5O. The molecule has 6 nitrogen and oxygen atoms in total. The molecule has 0 radical (unpaired) electrons. The Balaban J connectivity index is 1.63. The molecule has 9 heteroatoms. The van der Waals surface area contributed by atoms with Crippen molar-refractivity contribution in [3.63, 3.8) is 0 Å². The molecular weight excluding hydrogens is 335 g/mol. The molecule has 0 bridgehead atoms.